The summed E-state index contributed by atoms with van der Waals surface area (Å²) < 4.78 is 0. The van der Waals surface area contributed by atoms with E-state index in [4.69, 9.17) is 34.8 Å². The summed E-state index contributed by atoms with van der Waals surface area (Å²) in [5.41, 5.74) is 1.18. The fourth-order valence-electron chi connectivity index (χ4n) is 2.61. The van der Waals surface area contributed by atoms with Crippen LogP contribution >= 0.6 is 34.8 Å². The van der Waals surface area contributed by atoms with Gasteiger partial charge in [-0.25, -0.2) is 0 Å². The standard InChI is InChI=1S/C14H18Cl3N/c1-18(14-5-3-2-4-12(14)16)9-10-6-7-11(15)13(17)8-10/h6-8,12,14H,2-5,9H2,1H3. The first-order chi connectivity index (χ1) is 8.58. The van der Waals surface area contributed by atoms with E-state index in [0.717, 1.165) is 13.0 Å². The van der Waals surface area contributed by atoms with E-state index in [1.54, 1.807) is 0 Å². The molecule has 0 aliphatic heterocycles. The van der Waals surface area contributed by atoms with Crippen molar-refractivity contribution in [2.45, 2.75) is 43.6 Å². The molecule has 4 heteroatoms. The van der Waals surface area contributed by atoms with Gasteiger partial charge in [-0.1, -0.05) is 42.1 Å². The summed E-state index contributed by atoms with van der Waals surface area (Å²) in [6.07, 6.45) is 4.84. The molecule has 0 aromatic heterocycles. The third-order valence-electron chi connectivity index (χ3n) is 3.63. The van der Waals surface area contributed by atoms with Gasteiger partial charge >= 0.3 is 0 Å². The fraction of sp³-hybridized carbons (Fsp3) is 0.571. The van der Waals surface area contributed by atoms with Gasteiger partial charge in [0.25, 0.3) is 0 Å². The minimum Gasteiger partial charge on any atom is -0.298 e. The van der Waals surface area contributed by atoms with E-state index in [0.29, 0.717) is 16.1 Å². The number of nitrogens with zero attached hydrogens (tertiary/aromatic N) is 1. The second-order valence-electron chi connectivity index (χ2n) is 5.03. The first-order valence-corrected chi connectivity index (χ1v) is 7.55. The molecule has 0 radical (unpaired) electrons. The second-order valence-corrected chi connectivity index (χ2v) is 6.41. The Balaban J connectivity index is 2.01. The lowest BCUT2D eigenvalue weighted by molar-refractivity contribution is 0.188. The molecule has 100 valence electrons. The van der Waals surface area contributed by atoms with Crippen LogP contribution in [0.1, 0.15) is 31.2 Å². The molecule has 0 bridgehead atoms. The lowest BCUT2D eigenvalue weighted by Gasteiger charge is -2.35. The highest BCUT2D eigenvalue weighted by atomic mass is 35.5. The Morgan fingerprint density at radius 1 is 1.17 bits per heavy atom. The fourth-order valence-corrected chi connectivity index (χ4v) is 3.40. The number of alkyl halides is 1. The van der Waals surface area contributed by atoms with Gasteiger partial charge in [-0.2, -0.15) is 0 Å². The zero-order valence-corrected chi connectivity index (χ0v) is 12.8. The molecule has 1 fully saturated rings. The minimum atomic E-state index is 0.270. The molecule has 0 saturated heterocycles. The molecular formula is C14H18Cl3N. The molecule has 0 heterocycles. The van der Waals surface area contributed by atoms with Crippen molar-refractivity contribution >= 4 is 34.8 Å². The Hall–Kier alpha value is 0.0500. The third-order valence-corrected chi connectivity index (χ3v) is 4.88. The van der Waals surface area contributed by atoms with Crippen LogP contribution in [0.25, 0.3) is 0 Å². The lowest BCUT2D eigenvalue weighted by Crippen LogP contribution is -2.40. The smallest absolute Gasteiger partial charge is 0.0595 e. The summed E-state index contributed by atoms with van der Waals surface area (Å²) in [5, 5.41) is 1.50. The zero-order chi connectivity index (χ0) is 13.1. The van der Waals surface area contributed by atoms with Crippen LogP contribution in [-0.4, -0.2) is 23.4 Å². The Morgan fingerprint density at radius 2 is 1.89 bits per heavy atom. The van der Waals surface area contributed by atoms with Gasteiger partial charge < -0.3 is 0 Å². The van der Waals surface area contributed by atoms with Crippen LogP contribution in [0.3, 0.4) is 0 Å². The van der Waals surface area contributed by atoms with Crippen molar-refractivity contribution in [2.24, 2.45) is 0 Å². The highest BCUT2D eigenvalue weighted by molar-refractivity contribution is 6.42. The first-order valence-electron chi connectivity index (χ1n) is 6.36. The van der Waals surface area contributed by atoms with Crippen molar-refractivity contribution in [3.8, 4) is 0 Å². The number of benzene rings is 1. The summed E-state index contributed by atoms with van der Waals surface area (Å²) in [7, 11) is 2.13. The topological polar surface area (TPSA) is 3.24 Å². The van der Waals surface area contributed by atoms with Crippen molar-refractivity contribution in [1.29, 1.82) is 0 Å². The predicted octanol–water partition coefficient (Wildman–Crippen LogP) is 4.98. The van der Waals surface area contributed by atoms with Crippen LogP contribution < -0.4 is 0 Å². The molecule has 1 aromatic carbocycles. The Morgan fingerprint density at radius 3 is 2.56 bits per heavy atom. The van der Waals surface area contributed by atoms with E-state index in [9.17, 15) is 0 Å². The van der Waals surface area contributed by atoms with Crippen LogP contribution in [0.5, 0.6) is 0 Å². The quantitative estimate of drug-likeness (QED) is 0.712. The zero-order valence-electron chi connectivity index (χ0n) is 10.5. The van der Waals surface area contributed by atoms with Crippen LogP contribution in [0.2, 0.25) is 10.0 Å². The Bertz CT molecular complexity index is 408. The van der Waals surface area contributed by atoms with Gasteiger partial charge in [-0.3, -0.25) is 4.90 Å². The van der Waals surface area contributed by atoms with E-state index in [1.165, 1.54) is 24.8 Å². The van der Waals surface area contributed by atoms with Crippen molar-refractivity contribution in [2.75, 3.05) is 7.05 Å². The molecule has 2 rings (SSSR count). The molecule has 1 aliphatic rings. The average Bonchev–Trinajstić information content (AvgIpc) is 2.34. The van der Waals surface area contributed by atoms with E-state index in [-0.39, 0.29) is 5.38 Å². The largest absolute Gasteiger partial charge is 0.298 e. The van der Waals surface area contributed by atoms with Gasteiger partial charge in [-0.15, -0.1) is 11.6 Å². The summed E-state index contributed by atoms with van der Waals surface area (Å²) in [6.45, 7) is 0.866. The monoisotopic (exact) mass is 305 g/mol. The molecule has 2 unspecified atom stereocenters. The summed E-state index contributed by atoms with van der Waals surface area (Å²) in [4.78, 5) is 2.33. The maximum absolute atomic E-state index is 6.41. The molecule has 1 saturated carbocycles. The summed E-state index contributed by atoms with van der Waals surface area (Å²) in [5.74, 6) is 0. The number of rotatable bonds is 3. The highest BCUT2D eigenvalue weighted by Gasteiger charge is 2.26. The maximum Gasteiger partial charge on any atom is 0.0595 e. The molecule has 1 aliphatic carbocycles. The molecule has 2 atom stereocenters. The Labute approximate surface area is 124 Å². The SMILES string of the molecule is CN(Cc1ccc(Cl)c(Cl)c1)C1CCCCC1Cl. The van der Waals surface area contributed by atoms with Crippen LogP contribution in [-0.2, 0) is 6.54 Å². The molecule has 0 amide bonds. The van der Waals surface area contributed by atoms with Crippen molar-refractivity contribution in [3.63, 3.8) is 0 Å². The molecule has 18 heavy (non-hydrogen) atoms. The molecule has 0 spiro atoms. The molecule has 1 nitrogen and oxygen atoms in total. The van der Waals surface area contributed by atoms with E-state index < -0.39 is 0 Å². The average molecular weight is 307 g/mol. The summed E-state index contributed by atoms with van der Waals surface area (Å²) >= 11 is 18.4. The van der Waals surface area contributed by atoms with Crippen LogP contribution in [0.4, 0.5) is 0 Å². The highest BCUT2D eigenvalue weighted by Crippen LogP contribution is 2.28. The second kappa shape index (κ2) is 6.47. The van der Waals surface area contributed by atoms with Crippen molar-refractivity contribution in [3.05, 3.63) is 33.8 Å². The number of hydrogen-bond acceptors (Lipinski definition) is 1. The van der Waals surface area contributed by atoms with Crippen molar-refractivity contribution < 1.29 is 0 Å². The molecule has 1 aromatic rings. The maximum atomic E-state index is 6.41. The van der Waals surface area contributed by atoms with Gasteiger partial charge in [0.1, 0.15) is 0 Å². The van der Waals surface area contributed by atoms with Gasteiger partial charge in [0.05, 0.1) is 10.0 Å². The van der Waals surface area contributed by atoms with E-state index in [2.05, 4.69) is 11.9 Å². The van der Waals surface area contributed by atoms with E-state index >= 15 is 0 Å². The predicted molar refractivity (Wildman–Crippen MR) is 79.8 cm³/mol. The third kappa shape index (κ3) is 3.54. The van der Waals surface area contributed by atoms with Crippen LogP contribution in [0.15, 0.2) is 18.2 Å². The molecular weight excluding hydrogens is 289 g/mol. The van der Waals surface area contributed by atoms with Gasteiger partial charge in [0.2, 0.25) is 0 Å². The number of halogens is 3. The first kappa shape index (κ1) is 14.5. The van der Waals surface area contributed by atoms with Gasteiger partial charge in [-0.05, 0) is 37.6 Å². The van der Waals surface area contributed by atoms with Gasteiger partial charge in [0, 0.05) is 18.0 Å². The molecule has 0 N–H and O–H groups in total. The lowest BCUT2D eigenvalue weighted by atomic mass is 9.93. The van der Waals surface area contributed by atoms with E-state index in [1.807, 2.05) is 18.2 Å². The van der Waals surface area contributed by atoms with Crippen molar-refractivity contribution in [1.82, 2.24) is 4.90 Å². The normalized spacial score (nSPS) is 24.5. The van der Waals surface area contributed by atoms with Crippen LogP contribution in [0, 0.1) is 0 Å². The number of hydrogen-bond donors (Lipinski definition) is 0. The van der Waals surface area contributed by atoms with Gasteiger partial charge in [0.15, 0.2) is 0 Å². The summed E-state index contributed by atoms with van der Waals surface area (Å²) in [6, 6.07) is 6.28. The Kier molecular flexibility index (Phi) is 5.20. The minimum absolute atomic E-state index is 0.270.